The van der Waals surface area contributed by atoms with Gasteiger partial charge in [0.05, 0.1) is 34.0 Å². The lowest BCUT2D eigenvalue weighted by molar-refractivity contribution is 0.00578. The van der Waals surface area contributed by atoms with Crippen molar-refractivity contribution in [3.8, 4) is 124 Å². The Labute approximate surface area is 633 Å². The van der Waals surface area contributed by atoms with Gasteiger partial charge in [-0.1, -0.05) is 295 Å². The second-order valence-corrected chi connectivity index (χ2v) is 28.3. The van der Waals surface area contributed by atoms with Crippen molar-refractivity contribution in [1.82, 2.24) is 39.9 Å². The predicted octanol–water partition coefficient (Wildman–Crippen LogP) is 23.4. The molecular weight excluding hydrogens is 1400 g/mol. The highest BCUT2D eigenvalue weighted by atomic mass is 79.9. The van der Waals surface area contributed by atoms with Gasteiger partial charge in [-0.05, 0) is 105 Å². The van der Waals surface area contributed by atoms with Crippen molar-refractivity contribution in [2.24, 2.45) is 0 Å². The summed E-state index contributed by atoms with van der Waals surface area (Å²) in [5.74, 6) is 2.67. The molecule has 1 saturated heterocycles. The maximum Gasteiger partial charge on any atom is 0.494 e. The van der Waals surface area contributed by atoms with Crippen molar-refractivity contribution >= 4 is 72.6 Å². The first kappa shape index (κ1) is 68.2. The van der Waals surface area contributed by atoms with Crippen molar-refractivity contribution in [2.75, 3.05) is 0 Å². The summed E-state index contributed by atoms with van der Waals surface area (Å²) in [7, 11) is -0.447. The Morgan fingerprint density at radius 1 is 0.259 bits per heavy atom. The minimum Gasteiger partial charge on any atom is -0.452 e. The van der Waals surface area contributed by atoms with Crippen LogP contribution in [0.3, 0.4) is 0 Å². The summed E-state index contributed by atoms with van der Waals surface area (Å²) in [6, 6.07) is 114. The van der Waals surface area contributed by atoms with E-state index in [4.69, 9.17) is 58.0 Å². The SMILES string of the molecule is Brc1cccc(-c2nc(-c3ccccc3)cc(-c3ccccc3)n2)c1.CC1(C)OB(c2cccc(-c3nc(-c4ccccc4)c4oc5ccccc5c4n3)c2)OC1(C)C.c1ccc(-c2cc(-c3ccccc3)nc(-c3cccc(-c4cccc(-c5nc(-c6ccccc6)c6oc7ccccc7c6n5)c4)c3)n2)cc1. The molecule has 0 atom stereocenters. The Balaban J connectivity index is 0.000000126. The molecule has 12 nitrogen and oxygen atoms in total. The van der Waals surface area contributed by atoms with Crippen molar-refractivity contribution in [2.45, 2.75) is 38.9 Å². The molecule has 12 aromatic carbocycles. The van der Waals surface area contributed by atoms with Gasteiger partial charge in [0.15, 0.2) is 34.5 Å². The number of rotatable bonds is 12. The average Bonchev–Trinajstić information content (AvgIpc) is 1.26. The molecule has 0 spiro atoms. The summed E-state index contributed by atoms with van der Waals surface area (Å²) >= 11 is 3.53. The Morgan fingerprint density at radius 3 is 0.935 bits per heavy atom. The van der Waals surface area contributed by atoms with Gasteiger partial charge < -0.3 is 18.1 Å². The van der Waals surface area contributed by atoms with E-state index in [1.165, 1.54) is 0 Å². The molecular formula is C94H68BBrN8O4. The number of para-hydroxylation sites is 2. The number of hydrogen-bond donors (Lipinski definition) is 0. The summed E-state index contributed by atoms with van der Waals surface area (Å²) in [6.07, 6.45) is 0. The molecule has 108 heavy (non-hydrogen) atoms. The predicted molar refractivity (Wildman–Crippen MR) is 439 cm³/mol. The Hall–Kier alpha value is -13.0. The Morgan fingerprint density at radius 2 is 0.556 bits per heavy atom. The topological polar surface area (TPSA) is 148 Å². The number of aromatic nitrogens is 8. The fourth-order valence-electron chi connectivity index (χ4n) is 13.3. The van der Waals surface area contributed by atoms with Gasteiger partial charge in [-0.3, -0.25) is 0 Å². The van der Waals surface area contributed by atoms with Crippen LogP contribution in [0.5, 0.6) is 0 Å². The molecule has 0 radical (unpaired) electrons. The minimum absolute atomic E-state index is 0.404. The van der Waals surface area contributed by atoms with Crippen molar-refractivity contribution in [3.05, 3.63) is 344 Å². The standard InChI is InChI=1S/C44H28N4O.C28H25BN2O3.C22H15BrN2/c1-4-14-29(15-5-1)37-28-38(30-16-6-2-7-17-30)46-43(45-37)34-22-12-20-32(26-34)33-21-13-23-35(27-33)44-47-40(31-18-8-3-9-19-31)42-41(48-44)36-24-10-11-25-39(36)49-42;1-27(2)28(3,4)34-29(33-27)20-14-10-13-19(17-20)26-30-23(18-11-6-5-7-12-18)25-24(31-26)21-15-8-9-16-22(21)32-25;23-19-13-7-12-18(14-19)22-24-20(16-8-3-1-4-9-16)15-21(25-22)17-10-5-2-6-11-17/h1-28H;5-17H,1-4H3;1-15H. The van der Waals surface area contributed by atoms with Crippen LogP contribution in [0.2, 0.25) is 0 Å². The van der Waals surface area contributed by atoms with Crippen LogP contribution in [-0.4, -0.2) is 58.2 Å². The number of furan rings is 2. The second-order valence-electron chi connectivity index (χ2n) is 27.3. The van der Waals surface area contributed by atoms with Gasteiger partial charge >= 0.3 is 7.12 Å². The van der Waals surface area contributed by atoms with E-state index >= 15 is 0 Å². The molecule has 1 aliphatic rings. The van der Waals surface area contributed by atoms with Crippen molar-refractivity contribution in [1.29, 1.82) is 0 Å². The highest BCUT2D eigenvalue weighted by Gasteiger charge is 2.51. The fraction of sp³-hybridized carbons (Fsp3) is 0.0638. The molecule has 0 saturated carbocycles. The lowest BCUT2D eigenvalue weighted by atomic mass is 9.78. The van der Waals surface area contributed by atoms with E-state index in [2.05, 4.69) is 165 Å². The maximum atomic E-state index is 6.31. The third-order valence-corrected chi connectivity index (χ3v) is 20.1. The lowest BCUT2D eigenvalue weighted by Crippen LogP contribution is -2.41. The van der Waals surface area contributed by atoms with Crippen molar-refractivity contribution < 1.29 is 18.1 Å². The van der Waals surface area contributed by atoms with Crippen LogP contribution in [0, 0.1) is 0 Å². The summed E-state index contributed by atoms with van der Waals surface area (Å²) in [5, 5.41) is 1.94. The molecule has 14 heteroatoms. The molecule has 18 aromatic rings. The van der Waals surface area contributed by atoms with E-state index in [0.717, 1.165) is 150 Å². The number of halogens is 1. The number of hydrogen-bond acceptors (Lipinski definition) is 12. The third-order valence-electron chi connectivity index (χ3n) is 19.6. The van der Waals surface area contributed by atoms with Crippen LogP contribution >= 0.6 is 15.9 Å². The third kappa shape index (κ3) is 14.1. The molecule has 1 aliphatic heterocycles. The number of benzene rings is 12. The Bertz CT molecular complexity index is 6160. The average molecular weight is 1460 g/mol. The number of nitrogens with zero attached hydrogens (tertiary/aromatic N) is 8. The summed E-state index contributed by atoms with van der Waals surface area (Å²) in [5.41, 5.74) is 21.9. The highest BCUT2D eigenvalue weighted by Crippen LogP contribution is 2.41. The summed E-state index contributed by atoms with van der Waals surface area (Å²) < 4.78 is 26.1. The van der Waals surface area contributed by atoms with Crippen LogP contribution < -0.4 is 5.46 Å². The van der Waals surface area contributed by atoms with Crippen LogP contribution in [-0.2, 0) is 9.31 Å². The first-order valence-electron chi connectivity index (χ1n) is 35.8. The monoisotopic (exact) mass is 1460 g/mol. The minimum atomic E-state index is -0.447. The molecule has 1 fully saturated rings. The van der Waals surface area contributed by atoms with Crippen LogP contribution in [0.4, 0.5) is 0 Å². The molecule has 6 aromatic heterocycles. The molecule has 518 valence electrons. The lowest BCUT2D eigenvalue weighted by Gasteiger charge is -2.32. The largest absolute Gasteiger partial charge is 0.494 e. The zero-order chi connectivity index (χ0) is 73.1. The Kier molecular flexibility index (Phi) is 18.6. The first-order chi connectivity index (χ1) is 52.9. The van der Waals surface area contributed by atoms with Gasteiger partial charge in [-0.2, -0.15) is 0 Å². The second kappa shape index (κ2) is 29.5. The van der Waals surface area contributed by atoms with E-state index in [0.29, 0.717) is 28.6 Å². The molecule has 19 rings (SSSR count). The van der Waals surface area contributed by atoms with Gasteiger partial charge in [0.1, 0.15) is 33.6 Å². The van der Waals surface area contributed by atoms with Gasteiger partial charge in [-0.15, -0.1) is 0 Å². The van der Waals surface area contributed by atoms with Crippen molar-refractivity contribution in [3.63, 3.8) is 0 Å². The smallest absolute Gasteiger partial charge is 0.452 e. The summed E-state index contributed by atoms with van der Waals surface area (Å²) in [4.78, 5) is 39.8. The summed E-state index contributed by atoms with van der Waals surface area (Å²) in [6.45, 7) is 8.24. The van der Waals surface area contributed by atoms with E-state index in [1.807, 2.05) is 218 Å². The van der Waals surface area contributed by atoms with Gasteiger partial charge in [0, 0.05) is 70.9 Å². The molecule has 0 amide bonds. The van der Waals surface area contributed by atoms with E-state index in [-0.39, 0.29) is 0 Å². The molecule has 0 N–H and O–H groups in total. The zero-order valence-corrected chi connectivity index (χ0v) is 61.1. The van der Waals surface area contributed by atoms with Gasteiger partial charge in [0.2, 0.25) is 0 Å². The van der Waals surface area contributed by atoms with E-state index < -0.39 is 18.3 Å². The van der Waals surface area contributed by atoms with Crippen LogP contribution in [0.15, 0.2) is 353 Å². The number of fused-ring (bicyclic) bond motifs is 6. The van der Waals surface area contributed by atoms with Crippen LogP contribution in [0.1, 0.15) is 27.7 Å². The van der Waals surface area contributed by atoms with E-state index in [1.54, 1.807) is 0 Å². The molecule has 7 heterocycles. The fourth-order valence-corrected chi connectivity index (χ4v) is 13.7. The van der Waals surface area contributed by atoms with Gasteiger partial charge in [0.25, 0.3) is 0 Å². The zero-order valence-electron chi connectivity index (χ0n) is 59.5. The van der Waals surface area contributed by atoms with Crippen LogP contribution in [0.25, 0.3) is 168 Å². The normalized spacial score (nSPS) is 12.9. The molecule has 0 bridgehead atoms. The molecule has 0 aliphatic carbocycles. The maximum absolute atomic E-state index is 6.31. The highest BCUT2D eigenvalue weighted by molar-refractivity contribution is 9.10. The quantitative estimate of drug-likeness (QED) is 0.107. The molecule has 0 unspecified atom stereocenters. The van der Waals surface area contributed by atoms with E-state index in [9.17, 15) is 0 Å². The first-order valence-corrected chi connectivity index (χ1v) is 36.6. The van der Waals surface area contributed by atoms with Gasteiger partial charge in [-0.25, -0.2) is 39.9 Å².